The molecule has 0 unspecified atom stereocenters. The van der Waals surface area contributed by atoms with Gasteiger partial charge in [-0.25, -0.2) is 12.4 Å². The second-order valence-corrected chi connectivity index (χ2v) is 9.73. The Labute approximate surface area is 200 Å². The summed E-state index contributed by atoms with van der Waals surface area (Å²) in [6, 6.07) is 7.87. The van der Waals surface area contributed by atoms with Crippen LogP contribution in [-0.4, -0.2) is 61.8 Å². The minimum Gasteiger partial charge on any atom is -0.367 e. The van der Waals surface area contributed by atoms with Gasteiger partial charge >= 0.3 is 18.3 Å². The molecule has 0 atom stereocenters. The van der Waals surface area contributed by atoms with Gasteiger partial charge in [0.25, 0.3) is 10.0 Å². The number of fused-ring (bicyclic) bond motifs is 1. The van der Waals surface area contributed by atoms with Crippen LogP contribution in [0, 0.1) is 0 Å². The number of anilines is 1. The van der Waals surface area contributed by atoms with E-state index in [1.807, 2.05) is 0 Å². The molecule has 1 aliphatic rings. The number of hydrogen-bond acceptors (Lipinski definition) is 5. The summed E-state index contributed by atoms with van der Waals surface area (Å²) in [6.07, 6.45) is -8.73. The fourth-order valence-corrected chi connectivity index (χ4v) is 5.77. The van der Waals surface area contributed by atoms with Crippen molar-refractivity contribution in [2.45, 2.75) is 17.2 Å². The molecule has 4 rings (SSSR count). The SMILES string of the molecule is O=Cc1cn(S(=O)(=O)c2ccccc2C(F)(F)F)c2cccc(N3CCN(C(=O)C(F)(F)F)CC3)c12. The first kappa shape index (κ1) is 25.5. The molecule has 0 N–H and O–H groups in total. The third-order valence-corrected chi connectivity index (χ3v) is 7.54. The van der Waals surface area contributed by atoms with Crippen molar-refractivity contribution in [2.24, 2.45) is 0 Å². The number of nitrogens with zero attached hydrogens (tertiary/aromatic N) is 3. The minimum atomic E-state index is -5.02. The van der Waals surface area contributed by atoms with Crippen molar-refractivity contribution in [3.05, 3.63) is 59.8 Å². The maximum atomic E-state index is 13.5. The van der Waals surface area contributed by atoms with Gasteiger partial charge < -0.3 is 9.80 Å². The van der Waals surface area contributed by atoms with E-state index in [0.29, 0.717) is 26.9 Å². The summed E-state index contributed by atoms with van der Waals surface area (Å²) in [5, 5.41) is 0.108. The number of halogens is 6. The molecule has 192 valence electrons. The number of aromatic nitrogens is 1. The summed E-state index contributed by atoms with van der Waals surface area (Å²) in [5.41, 5.74) is -1.30. The Hall–Kier alpha value is -3.55. The molecular weight excluding hydrogens is 516 g/mol. The number of rotatable bonds is 4. The Balaban J connectivity index is 1.78. The molecule has 1 amide bonds. The van der Waals surface area contributed by atoms with Gasteiger partial charge in [0.1, 0.15) is 4.90 Å². The van der Waals surface area contributed by atoms with Gasteiger partial charge in [-0.05, 0) is 24.3 Å². The lowest BCUT2D eigenvalue weighted by atomic mass is 10.1. The van der Waals surface area contributed by atoms with Gasteiger partial charge in [0.2, 0.25) is 0 Å². The predicted octanol–water partition coefficient (Wildman–Crippen LogP) is 3.92. The van der Waals surface area contributed by atoms with Crippen LogP contribution in [0.1, 0.15) is 15.9 Å². The Morgan fingerprint density at radius 1 is 0.889 bits per heavy atom. The highest BCUT2D eigenvalue weighted by Gasteiger charge is 2.43. The van der Waals surface area contributed by atoms with E-state index in [0.717, 1.165) is 24.4 Å². The van der Waals surface area contributed by atoms with Crippen LogP contribution in [0.5, 0.6) is 0 Å². The van der Waals surface area contributed by atoms with Crippen LogP contribution in [0.4, 0.5) is 32.0 Å². The maximum Gasteiger partial charge on any atom is 0.471 e. The summed E-state index contributed by atoms with van der Waals surface area (Å²) in [5.74, 6) is -1.98. The molecular formula is C22H17F6N3O4S. The van der Waals surface area contributed by atoms with Crippen LogP contribution < -0.4 is 4.90 Å². The number of carbonyl (C=O) groups is 2. The molecule has 0 bridgehead atoms. The average Bonchev–Trinajstić information content (AvgIpc) is 3.22. The van der Waals surface area contributed by atoms with E-state index in [4.69, 9.17) is 0 Å². The number of alkyl halides is 6. The number of aldehydes is 1. The van der Waals surface area contributed by atoms with Crippen LogP contribution in [-0.2, 0) is 21.0 Å². The van der Waals surface area contributed by atoms with Crippen molar-refractivity contribution in [1.82, 2.24) is 8.87 Å². The summed E-state index contributed by atoms with van der Waals surface area (Å²) in [7, 11) is -4.81. The second-order valence-electron chi connectivity index (χ2n) is 7.95. The van der Waals surface area contributed by atoms with E-state index in [2.05, 4.69) is 0 Å². The number of hydrogen-bond donors (Lipinski definition) is 0. The first-order valence-electron chi connectivity index (χ1n) is 10.4. The summed E-state index contributed by atoms with van der Waals surface area (Å²) in [6.45, 7) is -0.644. The third kappa shape index (κ3) is 4.40. The molecule has 1 saturated heterocycles. The van der Waals surface area contributed by atoms with Gasteiger partial charge in [-0.2, -0.15) is 26.3 Å². The summed E-state index contributed by atoms with van der Waals surface area (Å²) < 4.78 is 106. The van der Waals surface area contributed by atoms with Crippen LogP contribution >= 0.6 is 0 Å². The van der Waals surface area contributed by atoms with Crippen molar-refractivity contribution in [3.8, 4) is 0 Å². The molecule has 0 saturated carbocycles. The number of carbonyl (C=O) groups excluding carboxylic acids is 2. The van der Waals surface area contributed by atoms with Crippen molar-refractivity contribution >= 4 is 38.8 Å². The molecule has 0 aliphatic carbocycles. The van der Waals surface area contributed by atoms with E-state index >= 15 is 0 Å². The molecule has 36 heavy (non-hydrogen) atoms. The van der Waals surface area contributed by atoms with E-state index in [9.17, 15) is 44.3 Å². The van der Waals surface area contributed by atoms with Crippen LogP contribution in [0.15, 0.2) is 53.6 Å². The van der Waals surface area contributed by atoms with Crippen molar-refractivity contribution in [2.75, 3.05) is 31.1 Å². The standard InChI is InChI=1S/C22H17F6N3O4S/c23-21(24,25)15-4-1-2-7-18(15)36(34,35)31-12-14(13-32)19-16(5-3-6-17(19)31)29-8-10-30(11-9-29)20(33)22(26,27)28/h1-7,12-13H,8-11H2. The van der Waals surface area contributed by atoms with Gasteiger partial charge in [0.05, 0.1) is 11.1 Å². The topological polar surface area (TPSA) is 79.7 Å². The third-order valence-electron chi connectivity index (χ3n) is 5.81. The normalized spacial score (nSPS) is 15.4. The van der Waals surface area contributed by atoms with Gasteiger partial charge in [0.15, 0.2) is 6.29 Å². The quantitative estimate of drug-likeness (QED) is 0.375. The smallest absolute Gasteiger partial charge is 0.367 e. The Kier molecular flexibility index (Phi) is 6.27. The zero-order valence-electron chi connectivity index (χ0n) is 18.2. The lowest BCUT2D eigenvalue weighted by Crippen LogP contribution is -2.52. The van der Waals surface area contributed by atoms with Crippen molar-refractivity contribution in [3.63, 3.8) is 0 Å². The molecule has 2 heterocycles. The Morgan fingerprint density at radius 3 is 2.11 bits per heavy atom. The molecule has 1 fully saturated rings. The number of amides is 1. The lowest BCUT2D eigenvalue weighted by molar-refractivity contribution is -0.185. The monoisotopic (exact) mass is 533 g/mol. The first-order valence-corrected chi connectivity index (χ1v) is 11.8. The van der Waals surface area contributed by atoms with E-state index in [-0.39, 0.29) is 42.6 Å². The van der Waals surface area contributed by atoms with Crippen molar-refractivity contribution in [1.29, 1.82) is 0 Å². The largest absolute Gasteiger partial charge is 0.471 e. The highest BCUT2D eigenvalue weighted by Crippen LogP contribution is 2.38. The zero-order valence-corrected chi connectivity index (χ0v) is 19.0. The molecule has 14 heteroatoms. The van der Waals surface area contributed by atoms with E-state index in [1.54, 1.807) is 4.90 Å². The minimum absolute atomic E-state index is 0.0476. The molecule has 1 aliphatic heterocycles. The zero-order chi connectivity index (χ0) is 26.5. The van der Waals surface area contributed by atoms with Gasteiger partial charge in [-0.15, -0.1) is 0 Å². The highest BCUT2D eigenvalue weighted by molar-refractivity contribution is 7.90. The fourth-order valence-electron chi connectivity index (χ4n) is 4.18. The molecule has 2 aromatic carbocycles. The van der Waals surface area contributed by atoms with E-state index in [1.165, 1.54) is 18.2 Å². The average molecular weight is 533 g/mol. The van der Waals surface area contributed by atoms with Crippen LogP contribution in [0.25, 0.3) is 10.9 Å². The first-order chi connectivity index (χ1) is 16.8. The molecule has 0 spiro atoms. The van der Waals surface area contributed by atoms with Gasteiger partial charge in [-0.3, -0.25) is 9.59 Å². The molecule has 3 aromatic rings. The molecule has 0 radical (unpaired) electrons. The lowest BCUT2D eigenvalue weighted by Gasteiger charge is -2.36. The van der Waals surface area contributed by atoms with Crippen LogP contribution in [0.2, 0.25) is 0 Å². The fraction of sp³-hybridized carbons (Fsp3) is 0.273. The number of piperazine rings is 1. The Bertz CT molecular complexity index is 1440. The summed E-state index contributed by atoms with van der Waals surface area (Å²) in [4.78, 5) is 24.5. The highest BCUT2D eigenvalue weighted by atomic mass is 32.2. The van der Waals surface area contributed by atoms with E-state index < -0.39 is 38.7 Å². The summed E-state index contributed by atoms with van der Waals surface area (Å²) >= 11 is 0. The van der Waals surface area contributed by atoms with Gasteiger partial charge in [0, 0.05) is 49.0 Å². The van der Waals surface area contributed by atoms with Crippen LogP contribution in [0.3, 0.4) is 0 Å². The maximum absolute atomic E-state index is 13.5. The van der Waals surface area contributed by atoms with Gasteiger partial charge in [-0.1, -0.05) is 18.2 Å². The Morgan fingerprint density at radius 2 is 1.53 bits per heavy atom. The predicted molar refractivity (Wildman–Crippen MR) is 116 cm³/mol. The molecule has 1 aromatic heterocycles. The molecule has 7 nitrogen and oxygen atoms in total. The second kappa shape index (κ2) is 8.84. The number of benzene rings is 2. The van der Waals surface area contributed by atoms with Crippen molar-refractivity contribution < 1.29 is 44.3 Å².